The summed E-state index contributed by atoms with van der Waals surface area (Å²) in [5, 5.41) is 20.4. The van der Waals surface area contributed by atoms with Crippen molar-refractivity contribution >= 4 is 11.9 Å². The van der Waals surface area contributed by atoms with E-state index in [-0.39, 0.29) is 6.42 Å². The number of carbonyl (C=O) groups excluding carboxylic acids is 1. The van der Waals surface area contributed by atoms with Crippen LogP contribution in [0, 0.1) is 0 Å². The highest BCUT2D eigenvalue weighted by Crippen LogP contribution is 2.10. The van der Waals surface area contributed by atoms with Crippen molar-refractivity contribution in [2.24, 2.45) is 0 Å². The van der Waals surface area contributed by atoms with Crippen LogP contribution < -0.4 is 5.32 Å². The minimum atomic E-state index is -1.08. The van der Waals surface area contributed by atoms with E-state index in [2.05, 4.69) is 24.4 Å². The summed E-state index contributed by atoms with van der Waals surface area (Å²) in [6.07, 6.45) is 17.7. The maximum atomic E-state index is 11.3. The van der Waals surface area contributed by atoms with Gasteiger partial charge in [0.05, 0.1) is 12.5 Å². The van der Waals surface area contributed by atoms with E-state index in [1.807, 2.05) is 0 Å². The van der Waals surface area contributed by atoms with Gasteiger partial charge < -0.3 is 15.5 Å². The standard InChI is InChI=1S/C20H37NO4/c1-2-3-4-5-6-7-8-9-10-11-12-13-14-15-18(22)16-19(23)21-17-20(24)25/h9-10,18,22H,2-8,11-17H2,1H3,(H,21,23)(H,24,25)/b10-9-. The summed E-state index contributed by atoms with van der Waals surface area (Å²) in [7, 11) is 0. The van der Waals surface area contributed by atoms with Gasteiger partial charge in [-0.15, -0.1) is 0 Å². The lowest BCUT2D eigenvalue weighted by atomic mass is 10.1. The zero-order valence-corrected chi connectivity index (χ0v) is 15.8. The second-order valence-corrected chi connectivity index (χ2v) is 6.69. The number of carbonyl (C=O) groups is 2. The monoisotopic (exact) mass is 355 g/mol. The normalized spacial score (nSPS) is 12.4. The number of aliphatic hydroxyl groups is 1. The van der Waals surface area contributed by atoms with Crippen molar-refractivity contribution < 1.29 is 19.8 Å². The predicted octanol–water partition coefficient (Wildman–Crippen LogP) is 4.20. The molecule has 0 aromatic rings. The van der Waals surface area contributed by atoms with Gasteiger partial charge in [0, 0.05) is 0 Å². The van der Waals surface area contributed by atoms with E-state index in [4.69, 9.17) is 5.11 Å². The van der Waals surface area contributed by atoms with Gasteiger partial charge in [-0.25, -0.2) is 0 Å². The molecule has 146 valence electrons. The average molecular weight is 356 g/mol. The van der Waals surface area contributed by atoms with Crippen LogP contribution in [0.3, 0.4) is 0 Å². The number of carboxylic acids is 1. The average Bonchev–Trinajstić information content (AvgIpc) is 2.57. The zero-order valence-electron chi connectivity index (χ0n) is 15.8. The second-order valence-electron chi connectivity index (χ2n) is 6.69. The third kappa shape index (κ3) is 18.8. The van der Waals surface area contributed by atoms with Crippen molar-refractivity contribution in [3.8, 4) is 0 Å². The van der Waals surface area contributed by atoms with Crippen LogP contribution in [0.2, 0.25) is 0 Å². The SMILES string of the molecule is CCCCCCCC/C=C\CCCCCC(O)CC(=O)NCC(=O)O. The van der Waals surface area contributed by atoms with Crippen molar-refractivity contribution in [1.82, 2.24) is 5.32 Å². The van der Waals surface area contributed by atoms with Crippen LogP contribution >= 0.6 is 0 Å². The van der Waals surface area contributed by atoms with Gasteiger partial charge in [-0.1, -0.05) is 64.0 Å². The van der Waals surface area contributed by atoms with Crippen LogP contribution in [0.5, 0.6) is 0 Å². The number of unbranched alkanes of at least 4 members (excludes halogenated alkanes) is 9. The summed E-state index contributed by atoms with van der Waals surface area (Å²) < 4.78 is 0. The van der Waals surface area contributed by atoms with Crippen LogP contribution in [0.25, 0.3) is 0 Å². The Hall–Kier alpha value is -1.36. The Bertz CT molecular complexity index is 369. The summed E-state index contributed by atoms with van der Waals surface area (Å²) in [6.45, 7) is 1.85. The molecule has 5 nitrogen and oxygen atoms in total. The Morgan fingerprint density at radius 2 is 1.48 bits per heavy atom. The first-order valence-electron chi connectivity index (χ1n) is 9.87. The fourth-order valence-corrected chi connectivity index (χ4v) is 2.66. The van der Waals surface area contributed by atoms with E-state index in [0.29, 0.717) is 6.42 Å². The Morgan fingerprint density at radius 3 is 2.08 bits per heavy atom. The predicted molar refractivity (Wildman–Crippen MR) is 101 cm³/mol. The lowest BCUT2D eigenvalue weighted by Crippen LogP contribution is -2.31. The molecule has 0 rings (SSSR count). The van der Waals surface area contributed by atoms with E-state index < -0.39 is 24.5 Å². The van der Waals surface area contributed by atoms with Gasteiger partial charge in [0.15, 0.2) is 0 Å². The highest BCUT2D eigenvalue weighted by atomic mass is 16.4. The maximum absolute atomic E-state index is 11.3. The van der Waals surface area contributed by atoms with Crippen molar-refractivity contribution in [3.05, 3.63) is 12.2 Å². The number of allylic oxidation sites excluding steroid dienone is 2. The van der Waals surface area contributed by atoms with Gasteiger partial charge >= 0.3 is 5.97 Å². The largest absolute Gasteiger partial charge is 0.480 e. The summed E-state index contributed by atoms with van der Waals surface area (Å²) in [6, 6.07) is 0. The smallest absolute Gasteiger partial charge is 0.322 e. The molecule has 0 bridgehead atoms. The number of carboxylic acid groups (broad SMARTS) is 1. The lowest BCUT2D eigenvalue weighted by Gasteiger charge is -2.09. The molecule has 0 spiro atoms. The maximum Gasteiger partial charge on any atom is 0.322 e. The summed E-state index contributed by atoms with van der Waals surface area (Å²) in [5.41, 5.74) is 0. The van der Waals surface area contributed by atoms with Crippen molar-refractivity contribution in [1.29, 1.82) is 0 Å². The first-order valence-corrected chi connectivity index (χ1v) is 9.87. The van der Waals surface area contributed by atoms with Gasteiger partial charge in [-0.2, -0.15) is 0 Å². The minimum Gasteiger partial charge on any atom is -0.480 e. The summed E-state index contributed by atoms with van der Waals surface area (Å²) in [5.74, 6) is -1.49. The highest BCUT2D eigenvalue weighted by Gasteiger charge is 2.11. The van der Waals surface area contributed by atoms with E-state index in [1.165, 1.54) is 44.9 Å². The van der Waals surface area contributed by atoms with Gasteiger partial charge in [-0.3, -0.25) is 9.59 Å². The number of amides is 1. The van der Waals surface area contributed by atoms with Crippen molar-refractivity contribution in [3.63, 3.8) is 0 Å². The molecule has 5 heteroatoms. The minimum absolute atomic E-state index is 0.0224. The molecule has 0 aromatic heterocycles. The topological polar surface area (TPSA) is 86.6 Å². The fraction of sp³-hybridized carbons (Fsp3) is 0.800. The molecule has 0 saturated carbocycles. The molecule has 0 saturated heterocycles. The Balaban J connectivity index is 3.37. The molecule has 0 heterocycles. The Kier molecular flexibility index (Phi) is 16.5. The molecule has 1 amide bonds. The highest BCUT2D eigenvalue weighted by molar-refractivity contribution is 5.81. The van der Waals surface area contributed by atoms with E-state index in [1.54, 1.807) is 0 Å². The number of aliphatic hydroxyl groups excluding tert-OH is 1. The van der Waals surface area contributed by atoms with Crippen LogP contribution in [-0.4, -0.2) is 34.7 Å². The number of nitrogens with one attached hydrogen (secondary N) is 1. The molecule has 0 fully saturated rings. The molecule has 0 aliphatic carbocycles. The third-order valence-electron chi connectivity index (χ3n) is 4.16. The quantitative estimate of drug-likeness (QED) is 0.270. The van der Waals surface area contributed by atoms with Crippen molar-refractivity contribution in [2.45, 2.75) is 96.5 Å². The summed E-state index contributed by atoms with van der Waals surface area (Å²) in [4.78, 5) is 21.7. The first-order chi connectivity index (χ1) is 12.1. The van der Waals surface area contributed by atoms with Gasteiger partial charge in [0.2, 0.25) is 5.91 Å². The molecule has 25 heavy (non-hydrogen) atoms. The molecule has 3 N–H and O–H groups in total. The van der Waals surface area contributed by atoms with E-state index >= 15 is 0 Å². The number of hydrogen-bond acceptors (Lipinski definition) is 3. The molecule has 1 atom stereocenters. The second kappa shape index (κ2) is 17.5. The number of rotatable bonds is 17. The molecule has 0 aromatic carbocycles. The van der Waals surface area contributed by atoms with Crippen LogP contribution in [0.1, 0.15) is 90.4 Å². The van der Waals surface area contributed by atoms with Crippen LogP contribution in [0.4, 0.5) is 0 Å². The summed E-state index contributed by atoms with van der Waals surface area (Å²) >= 11 is 0. The zero-order chi connectivity index (χ0) is 18.8. The Labute approximate surface area is 152 Å². The van der Waals surface area contributed by atoms with Gasteiger partial charge in [0.1, 0.15) is 6.54 Å². The molecular weight excluding hydrogens is 318 g/mol. The third-order valence-corrected chi connectivity index (χ3v) is 4.16. The van der Waals surface area contributed by atoms with Gasteiger partial charge in [-0.05, 0) is 32.1 Å². The van der Waals surface area contributed by atoms with Gasteiger partial charge in [0.25, 0.3) is 0 Å². The van der Waals surface area contributed by atoms with Crippen molar-refractivity contribution in [2.75, 3.05) is 6.54 Å². The number of hydrogen-bond donors (Lipinski definition) is 3. The number of aliphatic carboxylic acids is 1. The fourth-order valence-electron chi connectivity index (χ4n) is 2.66. The molecule has 0 aliphatic rings. The first kappa shape index (κ1) is 23.6. The van der Waals surface area contributed by atoms with Crippen LogP contribution in [-0.2, 0) is 9.59 Å². The van der Waals surface area contributed by atoms with E-state index in [9.17, 15) is 14.7 Å². The lowest BCUT2D eigenvalue weighted by molar-refractivity contribution is -0.138. The molecule has 1 unspecified atom stereocenters. The Morgan fingerprint density at radius 1 is 0.920 bits per heavy atom. The molecule has 0 radical (unpaired) electrons. The van der Waals surface area contributed by atoms with Crippen LogP contribution in [0.15, 0.2) is 12.2 Å². The van der Waals surface area contributed by atoms with E-state index in [0.717, 1.165) is 25.7 Å². The molecule has 0 aliphatic heterocycles. The molecular formula is C20H37NO4.